The second-order valence-corrected chi connectivity index (χ2v) is 31.7. The van der Waals surface area contributed by atoms with Gasteiger partial charge in [0.15, 0.2) is 0 Å². The third-order valence-corrected chi connectivity index (χ3v) is 23.5. The number of amides is 12. The van der Waals surface area contributed by atoms with E-state index in [1.807, 2.05) is 20.8 Å². The van der Waals surface area contributed by atoms with Gasteiger partial charge in [-0.15, -0.1) is 0 Å². The quantitative estimate of drug-likeness (QED) is 0.213. The topological polar surface area (TPSA) is 279 Å². The number of rotatable bonds is 11. The Labute approximate surface area is 618 Å². The van der Waals surface area contributed by atoms with Gasteiger partial charge in [0.05, 0.1) is 68.5 Å². The second-order valence-electron chi connectivity index (χ2n) is 31.3. The van der Waals surface area contributed by atoms with Crippen molar-refractivity contribution in [2.24, 2.45) is 23.7 Å². The molecule has 10 atom stereocenters. The van der Waals surface area contributed by atoms with E-state index in [2.05, 4.69) is 16.0 Å². The van der Waals surface area contributed by atoms with Crippen LogP contribution in [0.4, 0.5) is 22.0 Å². The molecule has 0 aromatic heterocycles. The Bertz CT molecular complexity index is 3330. The van der Waals surface area contributed by atoms with E-state index >= 15 is 37.5 Å². The van der Waals surface area contributed by atoms with Gasteiger partial charge in [-0.3, -0.25) is 57.5 Å². The molecule has 4 saturated heterocycles. The van der Waals surface area contributed by atoms with Gasteiger partial charge in [0.2, 0.25) is 70.9 Å². The largest absolute Gasteiger partial charge is 0.417 e. The number of morpholine rings is 1. The summed E-state index contributed by atoms with van der Waals surface area (Å²) in [6.07, 6.45) is 2.06. The van der Waals surface area contributed by atoms with Gasteiger partial charge >= 0.3 is 6.18 Å². The van der Waals surface area contributed by atoms with Gasteiger partial charge in [-0.2, -0.15) is 13.2 Å². The van der Waals surface area contributed by atoms with Gasteiger partial charge in [0, 0.05) is 55.8 Å². The minimum atomic E-state index is -4.84. The Kier molecular flexibility index (Phi) is 28.3. The average molecular weight is 1510 g/mol. The Balaban J connectivity index is 1.20. The van der Waals surface area contributed by atoms with Gasteiger partial charge in [0.25, 0.3) is 5.92 Å². The highest BCUT2D eigenvalue weighted by Crippen LogP contribution is 2.41. The van der Waals surface area contributed by atoms with Crippen molar-refractivity contribution in [2.45, 2.75) is 247 Å². The van der Waals surface area contributed by atoms with E-state index < -0.39 is 211 Å². The first-order valence-corrected chi connectivity index (χ1v) is 37.9. The van der Waals surface area contributed by atoms with E-state index in [1.165, 1.54) is 68.9 Å². The van der Waals surface area contributed by atoms with Crippen molar-refractivity contribution >= 4 is 82.5 Å². The van der Waals surface area contributed by atoms with Crippen molar-refractivity contribution in [1.29, 1.82) is 0 Å². The summed E-state index contributed by atoms with van der Waals surface area (Å²) in [5.74, 6) is -14.7. The van der Waals surface area contributed by atoms with Crippen LogP contribution in [0, 0.1) is 23.7 Å². The molecule has 4 aliphatic heterocycles. The average Bonchev–Trinajstić information content (AvgIpc) is 1.78. The zero-order valence-electron chi connectivity index (χ0n) is 62.8. The zero-order valence-corrected chi connectivity index (χ0v) is 63.6. The maximum Gasteiger partial charge on any atom is 0.417 e. The number of benzene rings is 1. The minimum absolute atomic E-state index is 0.0287. The predicted molar refractivity (Wildman–Crippen MR) is 378 cm³/mol. The summed E-state index contributed by atoms with van der Waals surface area (Å²) in [5, 5.41) is 7.56. The molecule has 1 spiro atoms. The van der Waals surface area contributed by atoms with Gasteiger partial charge in [-0.25, -0.2) is 8.78 Å². The number of fused-ring (bicyclic) bond motifs is 3. The summed E-state index contributed by atoms with van der Waals surface area (Å²) in [6, 6.07) is -8.30. The fourth-order valence-corrected chi connectivity index (χ4v) is 17.0. The molecule has 3 unspecified atom stereocenters. The molecule has 7 aliphatic rings. The van der Waals surface area contributed by atoms with Crippen molar-refractivity contribution in [1.82, 2.24) is 60.0 Å². The molecule has 1 aromatic carbocycles. The third kappa shape index (κ3) is 20.1. The molecule has 3 saturated carbocycles. The summed E-state index contributed by atoms with van der Waals surface area (Å²) in [5.41, 5.74) is -2.86. The number of alkyl halides is 5. The molecule has 25 nitrogen and oxygen atoms in total. The number of nitrogens with zero attached hydrogens (tertiary/aromatic N) is 9. The smallest absolute Gasteiger partial charge is 0.377 e. The van der Waals surface area contributed by atoms with Crippen LogP contribution < -0.4 is 16.0 Å². The normalized spacial score (nSPS) is 28.6. The molecule has 0 radical (unpaired) electrons. The Morgan fingerprint density at radius 3 is 1.84 bits per heavy atom. The highest BCUT2D eigenvalue weighted by atomic mass is 35.5. The Morgan fingerprint density at radius 1 is 0.657 bits per heavy atom. The highest BCUT2D eigenvalue weighted by Gasteiger charge is 2.56. The van der Waals surface area contributed by atoms with E-state index in [4.69, 9.17) is 16.3 Å². The summed E-state index contributed by atoms with van der Waals surface area (Å²) in [4.78, 5) is 191. The lowest BCUT2D eigenvalue weighted by Crippen LogP contribution is -2.65. The van der Waals surface area contributed by atoms with Crippen LogP contribution in [-0.4, -0.2) is 270 Å². The van der Waals surface area contributed by atoms with Crippen LogP contribution in [0.25, 0.3) is 0 Å². The molecule has 3 N–H and O–H groups in total. The molecular formula is C74H110ClF5N12O13. The highest BCUT2D eigenvalue weighted by molar-refractivity contribution is 6.31. The summed E-state index contributed by atoms with van der Waals surface area (Å²) in [6.45, 7) is 4.35. The molecule has 7 fully saturated rings. The van der Waals surface area contributed by atoms with Gasteiger partial charge in [0.1, 0.15) is 47.8 Å². The van der Waals surface area contributed by atoms with Gasteiger partial charge < -0.3 is 64.8 Å². The van der Waals surface area contributed by atoms with Crippen LogP contribution in [0.3, 0.4) is 0 Å². The van der Waals surface area contributed by atoms with E-state index in [1.54, 1.807) is 11.8 Å². The van der Waals surface area contributed by atoms with E-state index in [0.717, 1.165) is 71.4 Å². The predicted octanol–water partition coefficient (Wildman–Crippen LogP) is 6.05. The molecule has 586 valence electrons. The summed E-state index contributed by atoms with van der Waals surface area (Å²) in [7, 11) is 9.57. The van der Waals surface area contributed by atoms with Crippen LogP contribution in [0.1, 0.15) is 180 Å². The molecule has 8 rings (SSSR count). The number of hydrogen-bond acceptors (Lipinski definition) is 13. The van der Waals surface area contributed by atoms with Gasteiger partial charge in [-0.05, 0) is 106 Å². The third-order valence-electron chi connectivity index (χ3n) is 23.2. The second kappa shape index (κ2) is 35.7. The fraction of sp³-hybridized carbons (Fsp3) is 0.757. The molecule has 4 heterocycles. The van der Waals surface area contributed by atoms with Crippen molar-refractivity contribution in [3.05, 3.63) is 34.3 Å². The standard InChI is InChI=1S/C74H110ClF5N12O13/c1-12-45(4)62-69(102)86(7)39-60(95)84(5)40-61(96)88(9)55(35-46-21-15-13-16-22-46)67(100)85(6)38-58(93)81-53(30-26-47-25-29-51(52(75)34-47)74(78,79)80)66(99)91-43-73(76,77)37-57(91)65(98)83-72(31-19-20-32-72)71(104)90(11)63(48-23-17-14-18-24-48)70(103)89(10)56(68(101)92-49-27-28-50(92)42-105-41-49)36-59(94)87(8)54(33-44(2)3)64(97)82-62/h25,29,34,44-46,48-50,53-57,62-63H,12-24,26-28,30-33,35-43H2,1-11H3,(H,81,93)(H,82,97)(H,83,98)/t45-,49?,50?,53-,54-,55-,56-,57?,62-,63-/m0/s1. The molecule has 1 aromatic rings. The zero-order chi connectivity index (χ0) is 77.3. The van der Waals surface area contributed by atoms with E-state index in [-0.39, 0.29) is 62.7 Å². The van der Waals surface area contributed by atoms with E-state index in [9.17, 15) is 41.9 Å². The van der Waals surface area contributed by atoms with Crippen LogP contribution in [-0.2, 0) is 74.9 Å². The fourth-order valence-electron chi connectivity index (χ4n) is 16.7. The number of ether oxygens (including phenoxy) is 1. The monoisotopic (exact) mass is 1500 g/mol. The first-order valence-electron chi connectivity index (χ1n) is 37.5. The molecule has 105 heavy (non-hydrogen) atoms. The number of carbonyl (C=O) groups is 12. The Morgan fingerprint density at radius 2 is 1.25 bits per heavy atom. The lowest BCUT2D eigenvalue weighted by Gasteiger charge is -2.44. The molecule has 3 aliphatic carbocycles. The van der Waals surface area contributed by atoms with Crippen molar-refractivity contribution < 1.29 is 84.2 Å². The lowest BCUT2D eigenvalue weighted by atomic mass is 9.81. The SMILES string of the molecule is CC[C@H](C)[C@@H]1NC(=O)[C@H](CC(C)C)N(C)C(=O)C[C@@H](C(=O)N2C3CCC2COC3)N(C)C(=O)[C@H](C2CCCCC2)N(C)C(=O)C2(CCCC2)NC(=O)C2CC(F)(F)CN2C(=O)[C@H](CCc2ccc(C(F)(F)F)c(Cl)c2)NC(=O)CN(C)C(=O)[C@H](CC2CCCCC2)N(C)C(=O)CN(C)C(=O)CN(C)C1=O. The maximum atomic E-state index is 16.2. The van der Waals surface area contributed by atoms with Crippen LogP contribution >= 0.6 is 11.6 Å². The number of carbonyl (C=O) groups excluding carboxylic acids is 12. The molecule has 2 bridgehead atoms. The van der Waals surface area contributed by atoms with Gasteiger partial charge in [-0.1, -0.05) is 116 Å². The number of nitrogens with one attached hydrogen (secondary N) is 3. The maximum absolute atomic E-state index is 16.2. The van der Waals surface area contributed by atoms with Crippen molar-refractivity contribution in [3.63, 3.8) is 0 Å². The summed E-state index contributed by atoms with van der Waals surface area (Å²) < 4.78 is 80.0. The number of halogens is 6. The first kappa shape index (κ1) is 83.4. The van der Waals surface area contributed by atoms with Crippen LogP contribution in [0.2, 0.25) is 5.02 Å². The lowest BCUT2D eigenvalue weighted by molar-refractivity contribution is -0.159. The van der Waals surface area contributed by atoms with Crippen molar-refractivity contribution in [2.75, 3.05) is 88.7 Å². The van der Waals surface area contributed by atoms with Crippen LogP contribution in [0.5, 0.6) is 0 Å². The van der Waals surface area contributed by atoms with E-state index in [0.29, 0.717) is 62.7 Å². The molecule has 31 heteroatoms. The van der Waals surface area contributed by atoms with Crippen LogP contribution in [0.15, 0.2) is 18.2 Å². The number of likely N-dealkylation sites (N-methyl/N-ethyl adjacent to an activating group) is 7. The minimum Gasteiger partial charge on any atom is -0.377 e. The molecule has 12 amide bonds. The number of aryl methyl sites for hydroxylation is 1. The molecular weight excluding hydrogens is 1400 g/mol. The first-order chi connectivity index (χ1) is 49.4. The Hall–Kier alpha value is -7.24. The van der Waals surface area contributed by atoms with Crippen molar-refractivity contribution in [3.8, 4) is 0 Å². The number of hydrogen-bond donors (Lipinski definition) is 3. The summed E-state index contributed by atoms with van der Waals surface area (Å²) >= 11 is 6.12.